The standard InChI is InChI=1S/C60H74OSi6/c1-62(2,3)61-59(60-45-49-42-50(46-60)44-51(43-49)47-60)58(67(55-34-22-13-23-35-55,56-36-24-14-25-37-56)57-38-26-15-27-39-57)48-65(63(4,5)6,64(7,8)9)40-41-66(52-28-16-10-17-29-52,53-30-18-11-19-31-53)54-32-20-12-21-33-54/h10-39,48-51,59H,42-47H2,1-9H3/b58-48-. The summed E-state index contributed by atoms with van der Waals surface area (Å²) in [5.74, 6) is 2.39. The minimum absolute atomic E-state index is 0.0144. The predicted molar refractivity (Wildman–Crippen MR) is 305 cm³/mol. The molecule has 0 N–H and O–H groups in total. The molecule has 67 heavy (non-hydrogen) atoms. The molecule has 0 saturated heterocycles. The van der Waals surface area contributed by atoms with E-state index in [0.29, 0.717) is 0 Å². The Morgan fingerprint density at radius 2 is 0.746 bits per heavy atom. The molecule has 344 valence electrons. The maximum absolute atomic E-state index is 8.30. The van der Waals surface area contributed by atoms with Gasteiger partial charge in [-0.05, 0) is 118 Å². The van der Waals surface area contributed by atoms with Gasteiger partial charge in [-0.1, -0.05) is 227 Å². The molecule has 4 bridgehead atoms. The van der Waals surface area contributed by atoms with Crippen molar-refractivity contribution in [1.29, 1.82) is 0 Å². The Kier molecular flexibility index (Phi) is 13.3. The van der Waals surface area contributed by atoms with Crippen LogP contribution in [0, 0.1) is 34.3 Å². The van der Waals surface area contributed by atoms with Crippen molar-refractivity contribution >= 4 is 77.9 Å². The van der Waals surface area contributed by atoms with Gasteiger partial charge < -0.3 is 4.43 Å². The highest BCUT2D eigenvalue weighted by atomic mass is 29.6. The van der Waals surface area contributed by atoms with Gasteiger partial charge in [-0.25, -0.2) is 0 Å². The van der Waals surface area contributed by atoms with Crippen LogP contribution in [0.1, 0.15) is 38.5 Å². The van der Waals surface area contributed by atoms with E-state index in [-0.39, 0.29) is 11.5 Å². The number of rotatable bonds is 14. The molecule has 1 unspecified atom stereocenters. The van der Waals surface area contributed by atoms with Gasteiger partial charge in [0.1, 0.15) is 7.11 Å². The van der Waals surface area contributed by atoms with Crippen LogP contribution in [-0.2, 0) is 4.43 Å². The molecule has 4 aliphatic carbocycles. The van der Waals surface area contributed by atoms with Crippen LogP contribution in [0.25, 0.3) is 0 Å². The summed E-state index contributed by atoms with van der Waals surface area (Å²) in [6.07, 6.45) is 8.13. The molecule has 0 spiro atoms. The minimum atomic E-state index is -3.12. The summed E-state index contributed by atoms with van der Waals surface area (Å²) < 4.78 is 8.30. The van der Waals surface area contributed by atoms with Gasteiger partial charge in [-0.2, -0.15) is 0 Å². The number of hydrogen-bond donors (Lipinski definition) is 0. The van der Waals surface area contributed by atoms with Gasteiger partial charge in [0.05, 0.1) is 21.3 Å². The lowest BCUT2D eigenvalue weighted by molar-refractivity contribution is -0.100. The Hall–Kier alpha value is -4.12. The molecule has 6 aromatic rings. The van der Waals surface area contributed by atoms with Gasteiger partial charge in [0.15, 0.2) is 16.4 Å². The van der Waals surface area contributed by atoms with Crippen molar-refractivity contribution in [2.24, 2.45) is 23.2 Å². The summed E-state index contributed by atoms with van der Waals surface area (Å²) in [5.41, 5.74) is 12.6. The molecule has 6 aromatic carbocycles. The van der Waals surface area contributed by atoms with Crippen molar-refractivity contribution in [3.63, 3.8) is 0 Å². The Bertz CT molecular complexity index is 2450. The molecular formula is C60H74OSi6. The van der Waals surface area contributed by atoms with Crippen molar-refractivity contribution in [2.45, 2.75) is 104 Å². The summed E-state index contributed by atoms with van der Waals surface area (Å²) in [4.78, 5) is 0. The van der Waals surface area contributed by atoms with Gasteiger partial charge in [-0.15, -0.1) is 11.1 Å². The molecule has 0 heterocycles. The van der Waals surface area contributed by atoms with Crippen LogP contribution in [0.15, 0.2) is 193 Å². The van der Waals surface area contributed by atoms with E-state index in [0.717, 1.165) is 17.8 Å². The van der Waals surface area contributed by atoms with Gasteiger partial charge in [-0.3, -0.25) is 0 Å². The first-order valence-corrected chi connectivity index (χ1v) is 43.8. The molecule has 4 saturated carbocycles. The molecule has 4 fully saturated rings. The normalized spacial score (nSPS) is 21.6. The smallest absolute Gasteiger partial charge is 0.228 e. The molecule has 0 amide bonds. The summed E-state index contributed by atoms with van der Waals surface area (Å²) in [6, 6.07) is 69.9. The van der Waals surface area contributed by atoms with Gasteiger partial charge in [0.25, 0.3) is 0 Å². The number of hydrogen-bond acceptors (Lipinski definition) is 1. The second kappa shape index (κ2) is 18.7. The molecule has 4 aliphatic rings. The SMILES string of the molecule is C[Si](C)(C)OC(/C(=C/[Si](C#C[Si](c1ccccc1)(c1ccccc1)c1ccccc1)([Si](C)(C)C)[Si](C)(C)C)[Si](c1ccccc1)(c1ccccc1)c1ccccc1)C12CC3CC(CC(C3)C1)C2. The third-order valence-electron chi connectivity index (χ3n) is 16.3. The second-order valence-corrected chi connectivity index (χ2v) is 61.9. The fourth-order valence-corrected chi connectivity index (χ4v) is 65.9. The third kappa shape index (κ3) is 8.90. The minimum Gasteiger partial charge on any atom is -0.411 e. The summed E-state index contributed by atoms with van der Waals surface area (Å²) >= 11 is 0. The average Bonchev–Trinajstić information content (AvgIpc) is 3.31. The fourth-order valence-electron chi connectivity index (χ4n) is 14.0. The lowest BCUT2D eigenvalue weighted by Gasteiger charge is -2.61. The largest absolute Gasteiger partial charge is 0.411 e. The first-order valence-electron chi connectivity index (χ1n) is 25.3. The third-order valence-corrected chi connectivity index (χ3v) is 62.0. The zero-order chi connectivity index (χ0) is 47.1. The highest BCUT2D eigenvalue weighted by Crippen LogP contribution is 2.63. The average molecular weight is 980 g/mol. The summed E-state index contributed by atoms with van der Waals surface area (Å²) in [7, 11) is -15.3. The summed E-state index contributed by atoms with van der Waals surface area (Å²) in [6.45, 7) is 23.7. The van der Waals surface area contributed by atoms with E-state index >= 15 is 0 Å². The summed E-state index contributed by atoms with van der Waals surface area (Å²) in [5, 5.41) is 10.2. The van der Waals surface area contributed by atoms with E-state index in [1.807, 2.05) is 0 Å². The zero-order valence-electron chi connectivity index (χ0n) is 41.9. The zero-order valence-corrected chi connectivity index (χ0v) is 47.9. The van der Waals surface area contributed by atoms with E-state index in [4.69, 9.17) is 9.97 Å². The molecule has 0 aliphatic heterocycles. The van der Waals surface area contributed by atoms with Crippen LogP contribution in [0.2, 0.25) is 58.9 Å². The van der Waals surface area contributed by atoms with Crippen molar-refractivity contribution in [3.8, 4) is 11.1 Å². The highest BCUT2D eigenvalue weighted by molar-refractivity contribution is 7.73. The topological polar surface area (TPSA) is 9.23 Å². The molecule has 1 atom stereocenters. The fraction of sp³-hybridized carbons (Fsp3) is 0.333. The Morgan fingerprint density at radius 3 is 1.03 bits per heavy atom. The molecule has 0 aromatic heterocycles. The van der Waals surface area contributed by atoms with Crippen LogP contribution >= 0.6 is 0 Å². The molecule has 10 rings (SSSR count). The van der Waals surface area contributed by atoms with Gasteiger partial charge in [0.2, 0.25) is 8.07 Å². The molecular weight excluding hydrogens is 905 g/mol. The van der Waals surface area contributed by atoms with Crippen molar-refractivity contribution in [3.05, 3.63) is 193 Å². The second-order valence-electron chi connectivity index (χ2n) is 23.7. The van der Waals surface area contributed by atoms with E-state index < -0.39 is 46.8 Å². The van der Waals surface area contributed by atoms with E-state index in [9.17, 15) is 0 Å². The van der Waals surface area contributed by atoms with Crippen molar-refractivity contribution in [1.82, 2.24) is 0 Å². The Balaban J connectivity index is 1.49. The lowest BCUT2D eigenvalue weighted by Crippen LogP contribution is -2.75. The first kappa shape index (κ1) is 47.9. The predicted octanol–water partition coefficient (Wildman–Crippen LogP) is 11.1. The van der Waals surface area contributed by atoms with Crippen LogP contribution in [-0.4, -0.2) is 52.9 Å². The molecule has 7 heteroatoms. The Labute approximate surface area is 410 Å². The molecule has 1 nitrogen and oxygen atoms in total. The van der Waals surface area contributed by atoms with E-state index in [1.165, 1.54) is 69.6 Å². The van der Waals surface area contributed by atoms with E-state index in [1.54, 1.807) is 5.20 Å². The van der Waals surface area contributed by atoms with Crippen molar-refractivity contribution < 1.29 is 4.43 Å². The van der Waals surface area contributed by atoms with Crippen LogP contribution in [0.3, 0.4) is 0 Å². The van der Waals surface area contributed by atoms with Gasteiger partial charge >= 0.3 is 0 Å². The van der Waals surface area contributed by atoms with Gasteiger partial charge in [0, 0.05) is 0 Å². The maximum Gasteiger partial charge on any atom is 0.228 e. The monoisotopic (exact) mass is 978 g/mol. The van der Waals surface area contributed by atoms with Crippen LogP contribution in [0.5, 0.6) is 0 Å². The highest BCUT2D eigenvalue weighted by Gasteiger charge is 2.62. The van der Waals surface area contributed by atoms with Crippen LogP contribution < -0.4 is 31.1 Å². The Morgan fingerprint density at radius 1 is 0.448 bits per heavy atom. The first-order chi connectivity index (χ1) is 32.0. The van der Waals surface area contributed by atoms with Crippen LogP contribution in [0.4, 0.5) is 0 Å². The number of benzene rings is 6. The molecule has 0 radical (unpaired) electrons. The van der Waals surface area contributed by atoms with Crippen molar-refractivity contribution in [2.75, 3.05) is 0 Å². The quantitative estimate of drug-likeness (QED) is 0.0600. The lowest BCUT2D eigenvalue weighted by atomic mass is 9.48. The van der Waals surface area contributed by atoms with E-state index in [2.05, 4.69) is 252 Å². The maximum atomic E-state index is 8.30.